The van der Waals surface area contributed by atoms with E-state index in [0.717, 1.165) is 32.6 Å². The first kappa shape index (κ1) is 22.7. The molecule has 1 aromatic heterocycles. The van der Waals surface area contributed by atoms with Crippen LogP contribution >= 0.6 is 11.8 Å². The smallest absolute Gasteiger partial charge is 0.251 e. The molecule has 0 atom stereocenters. The van der Waals surface area contributed by atoms with Crippen LogP contribution in [0.3, 0.4) is 0 Å². The number of anilines is 1. The van der Waals surface area contributed by atoms with E-state index in [4.69, 9.17) is 0 Å². The Labute approximate surface area is 198 Å². The maximum Gasteiger partial charge on any atom is 0.251 e. The number of aromatic nitrogens is 1. The molecule has 0 bridgehead atoms. The molecule has 168 valence electrons. The zero-order valence-corrected chi connectivity index (χ0v) is 19.6. The number of benzene rings is 3. The standard InChI is InChI=1S/C27H27N3O2S/c1-19-14-20(2)16-21(15-19)27(32)28-12-13-30-17-25(23-10-6-7-11-24(23)30)33-18-26(31)29-22-8-4-3-5-9-22/h3-11,14-17H,12-13,18H2,1-2H3,(H,28,32)(H,29,31). The largest absolute Gasteiger partial charge is 0.350 e. The van der Waals surface area contributed by atoms with Gasteiger partial charge in [0.15, 0.2) is 0 Å². The Morgan fingerprint density at radius 1 is 0.909 bits per heavy atom. The third-order valence-corrected chi connectivity index (χ3v) is 6.33. The summed E-state index contributed by atoms with van der Waals surface area (Å²) >= 11 is 1.52. The molecule has 0 aliphatic carbocycles. The molecule has 3 aromatic carbocycles. The quantitative estimate of drug-likeness (QED) is 0.347. The number of hydrogen-bond donors (Lipinski definition) is 2. The van der Waals surface area contributed by atoms with Crippen molar-refractivity contribution in [3.8, 4) is 0 Å². The molecule has 0 aliphatic rings. The summed E-state index contributed by atoms with van der Waals surface area (Å²) in [6.45, 7) is 5.15. The number of nitrogens with one attached hydrogen (secondary N) is 2. The average Bonchev–Trinajstić information content (AvgIpc) is 3.15. The van der Waals surface area contributed by atoms with Crippen molar-refractivity contribution in [1.82, 2.24) is 9.88 Å². The predicted octanol–water partition coefficient (Wildman–Crippen LogP) is 5.42. The van der Waals surface area contributed by atoms with Crippen LogP contribution in [0.25, 0.3) is 10.9 Å². The fourth-order valence-electron chi connectivity index (χ4n) is 3.87. The zero-order valence-electron chi connectivity index (χ0n) is 18.8. The van der Waals surface area contributed by atoms with Crippen molar-refractivity contribution in [2.45, 2.75) is 25.3 Å². The molecule has 33 heavy (non-hydrogen) atoms. The predicted molar refractivity (Wildman–Crippen MR) is 136 cm³/mol. The van der Waals surface area contributed by atoms with E-state index >= 15 is 0 Å². The lowest BCUT2D eigenvalue weighted by atomic mass is 10.1. The van der Waals surface area contributed by atoms with Crippen molar-refractivity contribution < 1.29 is 9.59 Å². The Balaban J connectivity index is 1.39. The number of carbonyl (C=O) groups is 2. The molecular formula is C27H27N3O2S. The summed E-state index contributed by atoms with van der Waals surface area (Å²) < 4.78 is 2.13. The van der Waals surface area contributed by atoms with Gasteiger partial charge in [-0.15, -0.1) is 11.8 Å². The molecule has 4 aromatic rings. The molecule has 0 spiro atoms. The summed E-state index contributed by atoms with van der Waals surface area (Å²) in [4.78, 5) is 26.0. The fraction of sp³-hybridized carbons (Fsp3) is 0.185. The van der Waals surface area contributed by atoms with Crippen LogP contribution in [0, 0.1) is 13.8 Å². The summed E-state index contributed by atoms with van der Waals surface area (Å²) in [5, 5.41) is 7.05. The van der Waals surface area contributed by atoms with E-state index in [1.807, 2.05) is 68.4 Å². The third-order valence-electron chi connectivity index (χ3n) is 5.29. The first-order valence-electron chi connectivity index (χ1n) is 10.9. The summed E-state index contributed by atoms with van der Waals surface area (Å²) in [6.07, 6.45) is 2.06. The molecule has 2 amide bonds. The number of fused-ring (bicyclic) bond motifs is 1. The number of hydrogen-bond acceptors (Lipinski definition) is 3. The van der Waals surface area contributed by atoms with E-state index in [1.54, 1.807) is 0 Å². The second kappa shape index (κ2) is 10.4. The summed E-state index contributed by atoms with van der Waals surface area (Å²) in [5.74, 6) is 0.223. The first-order valence-corrected chi connectivity index (χ1v) is 11.9. The molecule has 0 fully saturated rings. The molecule has 0 unspecified atom stereocenters. The van der Waals surface area contributed by atoms with Gasteiger partial charge in [-0.3, -0.25) is 9.59 Å². The van der Waals surface area contributed by atoms with E-state index in [0.29, 0.717) is 24.4 Å². The minimum absolute atomic E-state index is 0.0382. The molecule has 0 aliphatic heterocycles. The fourth-order valence-corrected chi connectivity index (χ4v) is 4.76. The van der Waals surface area contributed by atoms with Crippen molar-refractivity contribution in [3.63, 3.8) is 0 Å². The minimum atomic E-state index is -0.0644. The topological polar surface area (TPSA) is 63.1 Å². The van der Waals surface area contributed by atoms with E-state index in [-0.39, 0.29) is 11.8 Å². The van der Waals surface area contributed by atoms with Crippen molar-refractivity contribution >= 4 is 40.2 Å². The van der Waals surface area contributed by atoms with Crippen molar-refractivity contribution in [2.75, 3.05) is 17.6 Å². The van der Waals surface area contributed by atoms with Gasteiger partial charge in [-0.25, -0.2) is 0 Å². The maximum absolute atomic E-state index is 12.6. The lowest BCUT2D eigenvalue weighted by molar-refractivity contribution is -0.113. The monoisotopic (exact) mass is 457 g/mol. The Kier molecular flexibility index (Phi) is 7.15. The van der Waals surface area contributed by atoms with Gasteiger partial charge in [0, 0.05) is 46.3 Å². The third kappa shape index (κ3) is 5.84. The normalized spacial score (nSPS) is 10.8. The maximum atomic E-state index is 12.6. The Morgan fingerprint density at radius 3 is 2.36 bits per heavy atom. The molecular weight excluding hydrogens is 430 g/mol. The second-order valence-electron chi connectivity index (χ2n) is 8.04. The summed E-state index contributed by atoms with van der Waals surface area (Å²) in [6, 6.07) is 23.5. The van der Waals surface area contributed by atoms with Crippen LogP contribution in [-0.2, 0) is 11.3 Å². The number of amides is 2. The Bertz CT molecular complexity index is 1260. The van der Waals surface area contributed by atoms with Crippen LogP contribution in [0.2, 0.25) is 0 Å². The summed E-state index contributed by atoms with van der Waals surface area (Å²) in [5.41, 5.74) is 4.73. The number of carbonyl (C=O) groups excluding carboxylic acids is 2. The van der Waals surface area contributed by atoms with Gasteiger partial charge in [0.25, 0.3) is 5.91 Å². The highest BCUT2D eigenvalue weighted by molar-refractivity contribution is 8.00. The highest BCUT2D eigenvalue weighted by Gasteiger charge is 2.12. The molecule has 5 nitrogen and oxygen atoms in total. The number of rotatable bonds is 8. The zero-order chi connectivity index (χ0) is 23.2. The van der Waals surface area contributed by atoms with Crippen LogP contribution in [0.5, 0.6) is 0 Å². The Morgan fingerprint density at radius 2 is 1.61 bits per heavy atom. The van der Waals surface area contributed by atoms with Gasteiger partial charge in [-0.2, -0.15) is 0 Å². The van der Waals surface area contributed by atoms with Gasteiger partial charge < -0.3 is 15.2 Å². The number of thioether (sulfide) groups is 1. The first-order chi connectivity index (χ1) is 16.0. The molecule has 6 heteroatoms. The average molecular weight is 458 g/mol. The lowest BCUT2D eigenvalue weighted by Gasteiger charge is -2.09. The lowest BCUT2D eigenvalue weighted by Crippen LogP contribution is -2.27. The van der Waals surface area contributed by atoms with Gasteiger partial charge in [-0.1, -0.05) is 53.6 Å². The molecule has 0 saturated heterocycles. The minimum Gasteiger partial charge on any atom is -0.350 e. The van der Waals surface area contributed by atoms with E-state index in [1.165, 1.54) is 11.8 Å². The van der Waals surface area contributed by atoms with Crippen molar-refractivity contribution in [3.05, 3.63) is 95.7 Å². The van der Waals surface area contributed by atoms with E-state index in [9.17, 15) is 9.59 Å². The highest BCUT2D eigenvalue weighted by Crippen LogP contribution is 2.30. The van der Waals surface area contributed by atoms with Crippen LogP contribution < -0.4 is 10.6 Å². The van der Waals surface area contributed by atoms with E-state index in [2.05, 4.69) is 39.6 Å². The number of aryl methyl sites for hydroxylation is 2. The van der Waals surface area contributed by atoms with E-state index < -0.39 is 0 Å². The van der Waals surface area contributed by atoms with Gasteiger partial charge in [0.1, 0.15) is 0 Å². The van der Waals surface area contributed by atoms with Gasteiger partial charge >= 0.3 is 0 Å². The molecule has 2 N–H and O–H groups in total. The SMILES string of the molecule is Cc1cc(C)cc(C(=O)NCCn2cc(SCC(=O)Nc3ccccc3)c3ccccc32)c1. The van der Waals surface area contributed by atoms with Gasteiger partial charge in [0.05, 0.1) is 5.75 Å². The van der Waals surface area contributed by atoms with Crippen LogP contribution in [0.4, 0.5) is 5.69 Å². The number of para-hydroxylation sites is 2. The van der Waals surface area contributed by atoms with Crippen LogP contribution in [-0.4, -0.2) is 28.7 Å². The second-order valence-corrected chi connectivity index (χ2v) is 9.06. The molecule has 0 saturated carbocycles. The van der Waals surface area contributed by atoms with Crippen molar-refractivity contribution in [1.29, 1.82) is 0 Å². The number of nitrogens with zero attached hydrogens (tertiary/aromatic N) is 1. The van der Waals surface area contributed by atoms with Gasteiger partial charge in [-0.05, 0) is 44.2 Å². The van der Waals surface area contributed by atoms with Crippen molar-refractivity contribution in [2.24, 2.45) is 0 Å². The molecule has 1 heterocycles. The molecule has 0 radical (unpaired) electrons. The van der Waals surface area contributed by atoms with Crippen LogP contribution in [0.15, 0.2) is 83.9 Å². The molecule has 4 rings (SSSR count). The Hall–Kier alpha value is -3.51. The highest BCUT2D eigenvalue weighted by atomic mass is 32.2. The summed E-state index contributed by atoms with van der Waals surface area (Å²) in [7, 11) is 0. The van der Waals surface area contributed by atoms with Gasteiger partial charge in [0.2, 0.25) is 5.91 Å². The van der Waals surface area contributed by atoms with Crippen LogP contribution in [0.1, 0.15) is 21.5 Å².